The molecule has 6 heteroatoms. The van der Waals surface area contributed by atoms with Crippen molar-refractivity contribution in [3.63, 3.8) is 0 Å². The predicted molar refractivity (Wildman–Crippen MR) is 73.0 cm³/mol. The molecule has 1 fully saturated rings. The summed E-state index contributed by atoms with van der Waals surface area (Å²) in [4.78, 5) is 22.4. The van der Waals surface area contributed by atoms with Gasteiger partial charge in [0.25, 0.3) is 0 Å². The van der Waals surface area contributed by atoms with Crippen LogP contribution in [0.25, 0.3) is 0 Å². The number of nitrogens with one attached hydrogen (secondary N) is 2. The molecule has 0 aromatic heterocycles. The minimum Gasteiger partial charge on any atom is -0.480 e. The smallest absolute Gasteiger partial charge is 0.326 e. The van der Waals surface area contributed by atoms with E-state index >= 15 is 0 Å². The van der Waals surface area contributed by atoms with Crippen molar-refractivity contribution in [1.82, 2.24) is 10.6 Å². The minimum absolute atomic E-state index is 0.141. The van der Waals surface area contributed by atoms with Crippen LogP contribution < -0.4 is 10.6 Å². The van der Waals surface area contributed by atoms with E-state index in [9.17, 15) is 9.59 Å². The molecule has 0 heterocycles. The monoisotopic (exact) mass is 274 g/mol. The number of carboxylic acids is 1. The maximum absolute atomic E-state index is 11.6. The Labute approximate surface area is 112 Å². The summed E-state index contributed by atoms with van der Waals surface area (Å²) in [5.41, 5.74) is 0. The number of rotatable bonds is 6. The van der Waals surface area contributed by atoms with E-state index in [-0.39, 0.29) is 10.8 Å². The minimum atomic E-state index is -0.993. The highest BCUT2D eigenvalue weighted by atomic mass is 32.2. The lowest BCUT2D eigenvalue weighted by atomic mass is 10.1. The van der Waals surface area contributed by atoms with E-state index in [0.717, 1.165) is 12.8 Å². The van der Waals surface area contributed by atoms with E-state index in [0.29, 0.717) is 13.0 Å². The van der Waals surface area contributed by atoms with E-state index in [1.165, 1.54) is 12.8 Å². The van der Waals surface area contributed by atoms with Gasteiger partial charge in [-0.15, -0.1) is 0 Å². The van der Waals surface area contributed by atoms with Crippen LogP contribution in [0.15, 0.2) is 0 Å². The molecule has 1 rings (SSSR count). The first-order valence-corrected chi connectivity index (χ1v) is 7.58. The Morgan fingerprint density at radius 2 is 2.00 bits per heavy atom. The fraction of sp³-hybridized carbons (Fsp3) is 0.833. The summed E-state index contributed by atoms with van der Waals surface area (Å²) in [6, 6.07) is -1.19. The lowest BCUT2D eigenvalue weighted by Crippen LogP contribution is -2.49. The molecule has 1 aliphatic carbocycles. The summed E-state index contributed by atoms with van der Waals surface area (Å²) in [7, 11) is 0. The van der Waals surface area contributed by atoms with Gasteiger partial charge in [-0.3, -0.25) is 0 Å². The molecule has 0 radical (unpaired) electrons. The molecule has 0 aromatic carbocycles. The van der Waals surface area contributed by atoms with Gasteiger partial charge in [-0.25, -0.2) is 9.59 Å². The molecule has 18 heavy (non-hydrogen) atoms. The molecule has 1 atom stereocenters. The molecule has 1 saturated carbocycles. The second-order valence-corrected chi connectivity index (χ2v) is 5.99. The van der Waals surface area contributed by atoms with Crippen molar-refractivity contribution in [1.29, 1.82) is 0 Å². The molecule has 2 amide bonds. The first-order valence-electron chi connectivity index (χ1n) is 6.35. The Morgan fingerprint density at radius 3 is 2.44 bits per heavy atom. The van der Waals surface area contributed by atoms with E-state index in [1.807, 2.05) is 0 Å². The predicted octanol–water partition coefficient (Wildman–Crippen LogP) is 1.82. The zero-order valence-corrected chi connectivity index (χ0v) is 11.8. The number of carboxylic acid groups (broad SMARTS) is 1. The first kappa shape index (κ1) is 15.1. The lowest BCUT2D eigenvalue weighted by Gasteiger charge is -2.27. The van der Waals surface area contributed by atoms with Crippen molar-refractivity contribution in [2.45, 2.75) is 49.8 Å². The van der Waals surface area contributed by atoms with Crippen molar-refractivity contribution >= 4 is 23.8 Å². The molecule has 0 aliphatic heterocycles. The number of amides is 2. The molecule has 104 valence electrons. The Balaban J connectivity index is 2.38. The van der Waals surface area contributed by atoms with E-state index in [4.69, 9.17) is 5.11 Å². The molecule has 1 aliphatic rings. The third kappa shape index (κ3) is 4.08. The Morgan fingerprint density at radius 1 is 1.39 bits per heavy atom. The zero-order valence-electron chi connectivity index (χ0n) is 11.0. The van der Waals surface area contributed by atoms with Gasteiger partial charge in [0.05, 0.1) is 0 Å². The number of hydrogen-bond donors (Lipinski definition) is 3. The number of thioether (sulfide) groups is 1. The highest BCUT2D eigenvalue weighted by Gasteiger charge is 2.33. The van der Waals surface area contributed by atoms with Crippen LogP contribution in [0.1, 0.15) is 39.0 Å². The molecule has 0 bridgehead atoms. The van der Waals surface area contributed by atoms with Crippen LogP contribution in [0.2, 0.25) is 0 Å². The summed E-state index contributed by atoms with van der Waals surface area (Å²) in [5.74, 6) is -0.993. The van der Waals surface area contributed by atoms with E-state index < -0.39 is 12.0 Å². The van der Waals surface area contributed by atoms with Crippen LogP contribution in [-0.2, 0) is 4.79 Å². The lowest BCUT2D eigenvalue weighted by molar-refractivity contribution is -0.139. The highest BCUT2D eigenvalue weighted by molar-refractivity contribution is 8.00. The summed E-state index contributed by atoms with van der Waals surface area (Å²) in [6.07, 6.45) is 7.09. The van der Waals surface area contributed by atoms with Gasteiger partial charge in [-0.1, -0.05) is 19.8 Å². The summed E-state index contributed by atoms with van der Waals surface area (Å²) in [5, 5.41) is 14.1. The summed E-state index contributed by atoms with van der Waals surface area (Å²) >= 11 is 1.79. The average Bonchev–Trinajstić information content (AvgIpc) is 2.82. The van der Waals surface area contributed by atoms with Gasteiger partial charge in [-0.2, -0.15) is 11.8 Å². The fourth-order valence-corrected chi connectivity index (χ4v) is 3.17. The molecule has 1 unspecified atom stereocenters. The third-order valence-corrected chi connectivity index (χ3v) is 4.95. The molecular formula is C12H22N2O3S. The molecule has 3 N–H and O–H groups in total. The maximum Gasteiger partial charge on any atom is 0.326 e. The summed E-state index contributed by atoms with van der Waals surface area (Å²) < 4.78 is 0.141. The van der Waals surface area contributed by atoms with Gasteiger partial charge < -0.3 is 15.7 Å². The van der Waals surface area contributed by atoms with E-state index in [1.54, 1.807) is 18.7 Å². The Bertz CT molecular complexity index is 304. The topological polar surface area (TPSA) is 78.4 Å². The Kier molecular flexibility index (Phi) is 5.78. The quantitative estimate of drug-likeness (QED) is 0.690. The first-order chi connectivity index (χ1) is 8.53. The molecular weight excluding hydrogens is 252 g/mol. The van der Waals surface area contributed by atoms with Crippen molar-refractivity contribution in [3.8, 4) is 0 Å². The molecule has 0 spiro atoms. The second-order valence-electron chi connectivity index (χ2n) is 4.72. The molecule has 0 saturated heterocycles. The molecule has 0 aromatic rings. The average molecular weight is 274 g/mol. The van der Waals surface area contributed by atoms with Crippen LogP contribution in [0.5, 0.6) is 0 Å². The normalized spacial score (nSPS) is 19.2. The zero-order chi connectivity index (χ0) is 13.6. The fourth-order valence-electron chi connectivity index (χ4n) is 2.26. The summed E-state index contributed by atoms with van der Waals surface area (Å²) in [6.45, 7) is 2.34. The highest BCUT2D eigenvalue weighted by Crippen LogP contribution is 2.39. The van der Waals surface area contributed by atoms with Gasteiger partial charge in [0, 0.05) is 11.3 Å². The van der Waals surface area contributed by atoms with Gasteiger partial charge in [0.2, 0.25) is 0 Å². The standard InChI is InChI=1S/C12H22N2O3S/c1-3-9(10(15)16)14-11(17)13-8-12(18-2)6-4-5-7-12/h9H,3-8H2,1-2H3,(H,15,16)(H2,13,14,17). The second kappa shape index (κ2) is 6.87. The Hall–Kier alpha value is -0.910. The van der Waals surface area contributed by atoms with Crippen LogP contribution in [0, 0.1) is 0 Å². The van der Waals surface area contributed by atoms with Crippen LogP contribution in [0.3, 0.4) is 0 Å². The third-order valence-electron chi connectivity index (χ3n) is 3.53. The maximum atomic E-state index is 11.6. The van der Waals surface area contributed by atoms with Crippen molar-refractivity contribution in [2.24, 2.45) is 0 Å². The van der Waals surface area contributed by atoms with Gasteiger partial charge in [-0.05, 0) is 25.5 Å². The number of carbonyl (C=O) groups excluding carboxylic acids is 1. The van der Waals surface area contributed by atoms with Crippen LogP contribution >= 0.6 is 11.8 Å². The van der Waals surface area contributed by atoms with Crippen molar-refractivity contribution < 1.29 is 14.7 Å². The van der Waals surface area contributed by atoms with E-state index in [2.05, 4.69) is 16.9 Å². The number of hydrogen-bond acceptors (Lipinski definition) is 3. The van der Waals surface area contributed by atoms with Gasteiger partial charge >= 0.3 is 12.0 Å². The number of urea groups is 1. The van der Waals surface area contributed by atoms with Crippen LogP contribution in [-0.4, -0.2) is 40.7 Å². The van der Waals surface area contributed by atoms with Gasteiger partial charge in [0.15, 0.2) is 0 Å². The van der Waals surface area contributed by atoms with Gasteiger partial charge in [0.1, 0.15) is 6.04 Å². The van der Waals surface area contributed by atoms with Crippen LogP contribution in [0.4, 0.5) is 4.79 Å². The van der Waals surface area contributed by atoms with Crippen molar-refractivity contribution in [3.05, 3.63) is 0 Å². The number of carbonyl (C=O) groups is 2. The van der Waals surface area contributed by atoms with Crippen molar-refractivity contribution in [2.75, 3.05) is 12.8 Å². The largest absolute Gasteiger partial charge is 0.480 e. The molecule has 5 nitrogen and oxygen atoms in total. The SMILES string of the molecule is CCC(NC(=O)NCC1(SC)CCCC1)C(=O)O. The number of aliphatic carboxylic acids is 1.